The molecule has 1 aliphatic heterocycles. The number of benzene rings is 1. The number of rotatable bonds is 5. The first-order valence-corrected chi connectivity index (χ1v) is 11.5. The first-order chi connectivity index (χ1) is 16.8. The van der Waals surface area contributed by atoms with Crippen molar-refractivity contribution in [2.45, 2.75) is 0 Å². The Balaban J connectivity index is 0.000000509. The molecule has 1 fully saturated rings. The van der Waals surface area contributed by atoms with Gasteiger partial charge in [-0.05, 0) is 49.5 Å². The molecule has 0 atom stereocenters. The quantitative estimate of drug-likeness (QED) is 0.454. The number of carbonyl (C=O) groups excluding carboxylic acids is 1. The summed E-state index contributed by atoms with van der Waals surface area (Å²) >= 11 is 1.44. The fraction of sp³-hybridized carbons (Fsp3) is 0.250. The number of pyridine rings is 1. The summed E-state index contributed by atoms with van der Waals surface area (Å²) in [6.07, 6.45) is 1.76. The molecule has 2 aromatic heterocycles. The van der Waals surface area contributed by atoms with Crippen LogP contribution in [-0.4, -0.2) is 78.3 Å². The zero-order valence-corrected chi connectivity index (χ0v) is 20.1. The minimum atomic E-state index is -1.82. The van der Waals surface area contributed by atoms with Gasteiger partial charge < -0.3 is 30.1 Å². The molecule has 0 aliphatic carbocycles. The predicted molar refractivity (Wildman–Crippen MR) is 133 cm³/mol. The highest BCUT2D eigenvalue weighted by atomic mass is 32.1. The maximum absolute atomic E-state index is 12.8. The number of nitrogens with one attached hydrogen (secondary N) is 1. The van der Waals surface area contributed by atoms with E-state index in [0.717, 1.165) is 53.9 Å². The van der Waals surface area contributed by atoms with E-state index in [4.69, 9.17) is 24.5 Å². The number of ether oxygens (including phenoxy) is 1. The van der Waals surface area contributed by atoms with E-state index in [0.29, 0.717) is 4.88 Å². The molecule has 0 saturated carbocycles. The first-order valence-electron chi connectivity index (χ1n) is 10.7. The van der Waals surface area contributed by atoms with Gasteiger partial charge in [-0.15, -0.1) is 11.3 Å². The number of amides is 1. The second-order valence-electron chi connectivity index (χ2n) is 7.62. The number of methoxy groups -OCH3 is 1. The van der Waals surface area contributed by atoms with Crippen LogP contribution in [0.1, 0.15) is 9.67 Å². The van der Waals surface area contributed by atoms with E-state index in [2.05, 4.69) is 27.1 Å². The average molecular weight is 499 g/mol. The molecule has 1 aromatic carbocycles. The SMILES string of the molecule is COc1ccc(NC(=O)c2ccc(-c3ccccn3)s2)cc1N1CCN(C)CC1.O=C(O)C(=O)O. The molecule has 4 rings (SSSR count). The molecule has 0 radical (unpaired) electrons. The minimum Gasteiger partial charge on any atom is -0.495 e. The lowest BCUT2D eigenvalue weighted by Crippen LogP contribution is -2.44. The molecule has 1 saturated heterocycles. The van der Waals surface area contributed by atoms with Crippen molar-refractivity contribution in [2.75, 3.05) is 50.6 Å². The van der Waals surface area contributed by atoms with Crippen molar-refractivity contribution in [2.24, 2.45) is 0 Å². The average Bonchev–Trinajstić information content (AvgIpc) is 3.36. The molecule has 3 N–H and O–H groups in total. The van der Waals surface area contributed by atoms with E-state index < -0.39 is 11.9 Å². The molecule has 0 unspecified atom stereocenters. The second kappa shape index (κ2) is 12.0. The first kappa shape index (κ1) is 25.7. The largest absolute Gasteiger partial charge is 0.495 e. The normalized spacial score (nSPS) is 13.4. The maximum Gasteiger partial charge on any atom is 0.414 e. The van der Waals surface area contributed by atoms with Crippen LogP contribution in [0.15, 0.2) is 54.7 Å². The standard InChI is InChI=1S/C22H24N4O2S.C2H2O4/c1-25-11-13-26(14-12-25)18-15-16(6-7-19(18)28-2)24-22(27)21-9-8-20(29-21)17-5-3-4-10-23-17;3-1(4)2(5)6/h3-10,15H,11-14H2,1-2H3,(H,24,27);(H,3,4)(H,5,6). The number of piperazine rings is 1. The third-order valence-corrected chi connectivity index (χ3v) is 6.32. The predicted octanol–water partition coefficient (Wildman–Crippen LogP) is 2.98. The van der Waals surface area contributed by atoms with Crippen molar-refractivity contribution in [3.05, 3.63) is 59.6 Å². The Labute approximate surface area is 206 Å². The van der Waals surface area contributed by atoms with Crippen LogP contribution in [-0.2, 0) is 9.59 Å². The summed E-state index contributed by atoms with van der Waals surface area (Å²) in [6.45, 7) is 3.88. The zero-order chi connectivity index (χ0) is 25.4. The van der Waals surface area contributed by atoms with Crippen LogP contribution >= 0.6 is 11.3 Å². The molecular formula is C24H26N4O6S. The lowest BCUT2D eigenvalue weighted by Gasteiger charge is -2.34. The molecule has 3 aromatic rings. The number of thiophene rings is 1. The molecule has 10 nitrogen and oxygen atoms in total. The van der Waals surface area contributed by atoms with Crippen LogP contribution in [0, 0.1) is 0 Å². The Morgan fingerprint density at radius 3 is 2.31 bits per heavy atom. The number of carboxylic acid groups (broad SMARTS) is 2. The van der Waals surface area contributed by atoms with Gasteiger partial charge in [0.25, 0.3) is 5.91 Å². The fourth-order valence-electron chi connectivity index (χ4n) is 3.36. The van der Waals surface area contributed by atoms with E-state index in [1.54, 1.807) is 13.3 Å². The topological polar surface area (TPSA) is 132 Å². The highest BCUT2D eigenvalue weighted by molar-refractivity contribution is 7.17. The van der Waals surface area contributed by atoms with Gasteiger partial charge in [-0.1, -0.05) is 6.07 Å². The molecular weight excluding hydrogens is 472 g/mol. The smallest absolute Gasteiger partial charge is 0.414 e. The number of nitrogens with zero attached hydrogens (tertiary/aromatic N) is 3. The molecule has 11 heteroatoms. The van der Waals surface area contributed by atoms with Gasteiger partial charge >= 0.3 is 11.9 Å². The van der Waals surface area contributed by atoms with Crippen LogP contribution in [0.5, 0.6) is 5.75 Å². The minimum absolute atomic E-state index is 0.119. The Morgan fingerprint density at radius 1 is 1.00 bits per heavy atom. The van der Waals surface area contributed by atoms with Crippen molar-refractivity contribution in [1.82, 2.24) is 9.88 Å². The van der Waals surface area contributed by atoms with E-state index in [9.17, 15) is 4.79 Å². The molecule has 1 aliphatic rings. The van der Waals surface area contributed by atoms with Gasteiger partial charge in [0.15, 0.2) is 0 Å². The third-order valence-electron chi connectivity index (χ3n) is 5.21. The molecule has 184 valence electrons. The number of carboxylic acids is 2. The van der Waals surface area contributed by atoms with Gasteiger partial charge in [-0.25, -0.2) is 9.59 Å². The molecule has 35 heavy (non-hydrogen) atoms. The Hall–Kier alpha value is -3.96. The monoisotopic (exact) mass is 498 g/mol. The van der Waals surface area contributed by atoms with Gasteiger partial charge in [-0.3, -0.25) is 9.78 Å². The van der Waals surface area contributed by atoms with Crippen LogP contribution in [0.25, 0.3) is 10.6 Å². The summed E-state index contributed by atoms with van der Waals surface area (Å²) in [4.78, 5) is 41.6. The van der Waals surface area contributed by atoms with Gasteiger partial charge in [0.05, 0.1) is 28.2 Å². The highest BCUT2D eigenvalue weighted by Crippen LogP contribution is 2.33. The van der Waals surface area contributed by atoms with Gasteiger partial charge in [0, 0.05) is 38.1 Å². The van der Waals surface area contributed by atoms with Crippen molar-refractivity contribution >= 4 is 40.6 Å². The molecule has 0 bridgehead atoms. The number of hydrogen-bond acceptors (Lipinski definition) is 8. The third kappa shape index (κ3) is 7.01. The number of likely N-dealkylation sites (N-methyl/N-ethyl adjacent to an activating group) is 1. The van der Waals surface area contributed by atoms with E-state index >= 15 is 0 Å². The molecule has 3 heterocycles. The fourth-order valence-corrected chi connectivity index (χ4v) is 4.24. The lowest BCUT2D eigenvalue weighted by molar-refractivity contribution is -0.159. The van der Waals surface area contributed by atoms with Gasteiger partial charge in [-0.2, -0.15) is 0 Å². The summed E-state index contributed by atoms with van der Waals surface area (Å²) in [5.41, 5.74) is 2.65. The van der Waals surface area contributed by atoms with Crippen LogP contribution in [0.2, 0.25) is 0 Å². The second-order valence-corrected chi connectivity index (χ2v) is 8.70. The van der Waals surface area contributed by atoms with Gasteiger partial charge in [0.2, 0.25) is 0 Å². The van der Waals surface area contributed by atoms with Crippen LogP contribution in [0.4, 0.5) is 11.4 Å². The Bertz CT molecular complexity index is 1160. The molecule has 0 spiro atoms. The van der Waals surface area contributed by atoms with Crippen molar-refractivity contribution in [3.63, 3.8) is 0 Å². The summed E-state index contributed by atoms with van der Waals surface area (Å²) < 4.78 is 5.55. The maximum atomic E-state index is 12.8. The Morgan fingerprint density at radius 2 is 1.71 bits per heavy atom. The van der Waals surface area contributed by atoms with E-state index in [1.165, 1.54) is 11.3 Å². The Kier molecular flexibility index (Phi) is 8.76. The highest BCUT2D eigenvalue weighted by Gasteiger charge is 2.19. The van der Waals surface area contributed by atoms with Crippen molar-refractivity contribution in [1.29, 1.82) is 0 Å². The number of carbonyl (C=O) groups is 3. The zero-order valence-electron chi connectivity index (χ0n) is 19.3. The van der Waals surface area contributed by atoms with Gasteiger partial charge in [0.1, 0.15) is 5.75 Å². The van der Waals surface area contributed by atoms with Crippen molar-refractivity contribution in [3.8, 4) is 16.3 Å². The molecule has 1 amide bonds. The van der Waals surface area contributed by atoms with E-state index in [1.807, 2.05) is 48.5 Å². The summed E-state index contributed by atoms with van der Waals surface area (Å²) in [5.74, 6) is -2.95. The summed E-state index contributed by atoms with van der Waals surface area (Å²) in [7, 11) is 3.81. The summed E-state index contributed by atoms with van der Waals surface area (Å²) in [5, 5.41) is 17.8. The number of hydrogen-bond donors (Lipinski definition) is 3. The van der Waals surface area contributed by atoms with Crippen molar-refractivity contribution < 1.29 is 29.3 Å². The summed E-state index contributed by atoms with van der Waals surface area (Å²) in [6, 6.07) is 15.3. The van der Waals surface area contributed by atoms with Crippen LogP contribution in [0.3, 0.4) is 0 Å². The number of aromatic nitrogens is 1. The number of anilines is 2. The lowest BCUT2D eigenvalue weighted by atomic mass is 10.2. The van der Waals surface area contributed by atoms with Crippen LogP contribution < -0.4 is 15.0 Å². The number of aliphatic carboxylic acids is 2. The van der Waals surface area contributed by atoms with E-state index in [-0.39, 0.29) is 5.91 Å².